The lowest BCUT2D eigenvalue weighted by atomic mass is 9.93. The van der Waals surface area contributed by atoms with Crippen LogP contribution < -0.4 is 5.73 Å². The highest BCUT2D eigenvalue weighted by molar-refractivity contribution is 8.00. The molecule has 1 aliphatic rings. The fraction of sp³-hybridized carbons (Fsp3) is 0.500. The molecule has 3 heterocycles. The maximum Gasteiger partial charge on any atom is 0.228 e. The molecule has 0 aromatic carbocycles. The summed E-state index contributed by atoms with van der Waals surface area (Å²) in [6, 6.07) is 1.92. The Morgan fingerprint density at radius 2 is 2.21 bits per heavy atom. The second kappa shape index (κ2) is 7.94. The Labute approximate surface area is 149 Å². The van der Waals surface area contributed by atoms with E-state index in [0.717, 1.165) is 47.4 Å². The molecule has 1 fully saturated rings. The third-order valence-electron chi connectivity index (χ3n) is 4.09. The Hall–Kier alpha value is -1.67. The van der Waals surface area contributed by atoms with Gasteiger partial charge in [0.25, 0.3) is 0 Å². The van der Waals surface area contributed by atoms with E-state index in [1.807, 2.05) is 16.3 Å². The van der Waals surface area contributed by atoms with Crippen LogP contribution in [0.1, 0.15) is 37.1 Å². The molecule has 3 rings (SSSR count). The molecule has 0 spiro atoms. The molecule has 0 radical (unpaired) electrons. The molecule has 8 heteroatoms. The average molecular weight is 364 g/mol. The van der Waals surface area contributed by atoms with Gasteiger partial charge in [-0.15, -0.1) is 11.3 Å². The highest BCUT2D eigenvalue weighted by Crippen LogP contribution is 2.27. The topological polar surface area (TPSA) is 85.0 Å². The fourth-order valence-corrected chi connectivity index (χ4v) is 4.61. The van der Waals surface area contributed by atoms with E-state index in [-0.39, 0.29) is 5.91 Å². The highest BCUT2D eigenvalue weighted by atomic mass is 32.2. The summed E-state index contributed by atoms with van der Waals surface area (Å²) in [5, 5.41) is 1.99. The Balaban J connectivity index is 1.53. The van der Waals surface area contributed by atoms with E-state index in [4.69, 9.17) is 5.73 Å². The molecule has 0 atom stereocenters. The summed E-state index contributed by atoms with van der Waals surface area (Å²) < 4.78 is 1.04. The van der Waals surface area contributed by atoms with E-state index in [2.05, 4.69) is 21.9 Å². The number of piperidine rings is 1. The minimum Gasteiger partial charge on any atom is -0.368 e. The van der Waals surface area contributed by atoms with Crippen LogP contribution in [-0.4, -0.2) is 44.6 Å². The lowest BCUT2D eigenvalue weighted by Gasteiger charge is -2.31. The zero-order valence-electron chi connectivity index (χ0n) is 13.6. The van der Waals surface area contributed by atoms with Gasteiger partial charge >= 0.3 is 0 Å². The summed E-state index contributed by atoms with van der Waals surface area (Å²) in [5.74, 6) is 1.83. The summed E-state index contributed by atoms with van der Waals surface area (Å²) >= 11 is 3.33. The molecule has 1 amide bonds. The van der Waals surface area contributed by atoms with Crippen molar-refractivity contribution in [3.63, 3.8) is 0 Å². The number of carbonyl (C=O) groups is 1. The molecular weight excluding hydrogens is 342 g/mol. The van der Waals surface area contributed by atoms with Gasteiger partial charge in [-0.1, -0.05) is 18.7 Å². The number of thioether (sulfide) groups is 1. The summed E-state index contributed by atoms with van der Waals surface area (Å²) in [4.78, 5) is 27.2. The van der Waals surface area contributed by atoms with Gasteiger partial charge in [0.05, 0.1) is 12.1 Å². The van der Waals surface area contributed by atoms with Gasteiger partial charge < -0.3 is 10.6 Å². The third-order valence-corrected chi connectivity index (χ3v) is 6.04. The van der Waals surface area contributed by atoms with Crippen LogP contribution in [0.25, 0.3) is 0 Å². The highest BCUT2D eigenvalue weighted by Gasteiger charge is 2.25. The maximum atomic E-state index is 12.5. The van der Waals surface area contributed by atoms with Crippen molar-refractivity contribution >= 4 is 35.0 Å². The van der Waals surface area contributed by atoms with Crippen LogP contribution in [0.2, 0.25) is 0 Å². The number of carbonyl (C=O) groups excluding carboxylic acids is 1. The predicted molar refractivity (Wildman–Crippen MR) is 97.2 cm³/mol. The van der Waals surface area contributed by atoms with Crippen LogP contribution in [0.4, 0.5) is 5.95 Å². The van der Waals surface area contributed by atoms with Crippen molar-refractivity contribution in [1.29, 1.82) is 0 Å². The number of nitrogen functional groups attached to an aromatic ring is 1. The van der Waals surface area contributed by atoms with Crippen LogP contribution in [0.5, 0.6) is 0 Å². The molecule has 128 valence electrons. The molecule has 2 aromatic rings. The van der Waals surface area contributed by atoms with Crippen molar-refractivity contribution in [2.45, 2.75) is 36.4 Å². The van der Waals surface area contributed by atoms with Crippen LogP contribution in [-0.2, 0) is 11.2 Å². The molecule has 0 saturated carbocycles. The second-order valence-corrected chi connectivity index (χ2v) is 8.08. The van der Waals surface area contributed by atoms with E-state index < -0.39 is 0 Å². The van der Waals surface area contributed by atoms with Gasteiger partial charge in [-0.2, -0.15) is 0 Å². The quantitative estimate of drug-likeness (QED) is 0.822. The van der Waals surface area contributed by atoms with Crippen molar-refractivity contribution in [1.82, 2.24) is 19.9 Å². The number of thiazole rings is 1. The van der Waals surface area contributed by atoms with Crippen molar-refractivity contribution in [3.8, 4) is 0 Å². The van der Waals surface area contributed by atoms with Crippen LogP contribution in [0.3, 0.4) is 0 Å². The molecule has 2 N–H and O–H groups in total. The number of aromatic nitrogens is 3. The van der Waals surface area contributed by atoms with Crippen LogP contribution >= 0.6 is 23.1 Å². The Morgan fingerprint density at radius 3 is 2.92 bits per heavy atom. The number of likely N-dealkylation sites (tertiary alicyclic amines) is 1. The third kappa shape index (κ3) is 4.24. The predicted octanol–water partition coefficient (Wildman–Crippen LogP) is 2.58. The second-order valence-electron chi connectivity index (χ2n) is 5.71. The first-order valence-electron chi connectivity index (χ1n) is 8.09. The van der Waals surface area contributed by atoms with Gasteiger partial charge in [0.15, 0.2) is 0 Å². The SMILES string of the molecule is CCSc1nc(CC(=O)N2CCC(c3ccnc(N)n3)CC2)cs1. The molecule has 0 bridgehead atoms. The van der Waals surface area contributed by atoms with E-state index in [0.29, 0.717) is 18.3 Å². The van der Waals surface area contributed by atoms with Gasteiger partial charge in [0.2, 0.25) is 11.9 Å². The summed E-state index contributed by atoms with van der Waals surface area (Å²) in [6.45, 7) is 3.62. The Morgan fingerprint density at radius 1 is 1.42 bits per heavy atom. The molecule has 6 nitrogen and oxygen atoms in total. The average Bonchev–Trinajstić information content (AvgIpc) is 3.02. The van der Waals surface area contributed by atoms with E-state index >= 15 is 0 Å². The minimum atomic E-state index is 0.161. The first kappa shape index (κ1) is 17.2. The van der Waals surface area contributed by atoms with Gasteiger partial charge in [-0.25, -0.2) is 15.0 Å². The number of nitrogens with zero attached hydrogens (tertiary/aromatic N) is 4. The number of nitrogens with two attached hydrogens (primary N) is 1. The lowest BCUT2D eigenvalue weighted by molar-refractivity contribution is -0.131. The summed E-state index contributed by atoms with van der Waals surface area (Å²) in [7, 11) is 0. The summed E-state index contributed by atoms with van der Waals surface area (Å²) in [5.41, 5.74) is 7.52. The molecule has 2 aromatic heterocycles. The first-order valence-corrected chi connectivity index (χ1v) is 9.95. The standard InChI is InChI=1S/C16H21N5OS2/c1-2-23-16-19-12(10-24-16)9-14(22)21-7-4-11(5-8-21)13-3-6-18-15(17)20-13/h3,6,10-11H,2,4-5,7-9H2,1H3,(H2,17,18,20). The van der Waals surface area contributed by atoms with Crippen molar-refractivity contribution in [2.24, 2.45) is 0 Å². The number of hydrogen-bond acceptors (Lipinski definition) is 7. The molecule has 0 aliphatic carbocycles. The largest absolute Gasteiger partial charge is 0.368 e. The van der Waals surface area contributed by atoms with Crippen molar-refractivity contribution in [3.05, 3.63) is 29.0 Å². The Kier molecular flexibility index (Phi) is 5.68. The van der Waals surface area contributed by atoms with E-state index in [9.17, 15) is 4.79 Å². The fourth-order valence-electron chi connectivity index (χ4n) is 2.87. The maximum absolute atomic E-state index is 12.5. The number of rotatable bonds is 5. The minimum absolute atomic E-state index is 0.161. The number of amides is 1. The lowest BCUT2D eigenvalue weighted by Crippen LogP contribution is -2.39. The van der Waals surface area contributed by atoms with Crippen LogP contribution in [0, 0.1) is 0 Å². The Bertz CT molecular complexity index is 697. The van der Waals surface area contributed by atoms with Crippen molar-refractivity contribution in [2.75, 3.05) is 24.6 Å². The van der Waals surface area contributed by atoms with Gasteiger partial charge in [-0.3, -0.25) is 4.79 Å². The first-order chi connectivity index (χ1) is 11.7. The number of hydrogen-bond donors (Lipinski definition) is 1. The molecular formula is C16H21N5OS2. The monoisotopic (exact) mass is 363 g/mol. The molecule has 1 saturated heterocycles. The smallest absolute Gasteiger partial charge is 0.228 e. The summed E-state index contributed by atoms with van der Waals surface area (Å²) in [6.07, 6.45) is 3.92. The zero-order valence-corrected chi connectivity index (χ0v) is 15.3. The molecule has 1 aliphatic heterocycles. The van der Waals surface area contributed by atoms with E-state index in [1.165, 1.54) is 0 Å². The van der Waals surface area contributed by atoms with Crippen LogP contribution in [0.15, 0.2) is 22.0 Å². The van der Waals surface area contributed by atoms with Gasteiger partial charge in [0, 0.05) is 36.3 Å². The molecule has 0 unspecified atom stereocenters. The van der Waals surface area contributed by atoms with E-state index in [1.54, 1.807) is 29.3 Å². The van der Waals surface area contributed by atoms with Gasteiger partial charge in [-0.05, 0) is 24.7 Å². The number of anilines is 1. The zero-order chi connectivity index (χ0) is 16.9. The normalized spacial score (nSPS) is 15.6. The van der Waals surface area contributed by atoms with Crippen molar-refractivity contribution < 1.29 is 4.79 Å². The van der Waals surface area contributed by atoms with Gasteiger partial charge in [0.1, 0.15) is 4.34 Å². The molecule has 24 heavy (non-hydrogen) atoms.